The lowest BCUT2D eigenvalue weighted by molar-refractivity contribution is -0.121. The van der Waals surface area contributed by atoms with Gasteiger partial charge < -0.3 is 10.2 Å². The maximum Gasteiger partial charge on any atom is 0.220 e. The molecule has 0 saturated carbocycles. The number of nitrogens with one attached hydrogen (secondary N) is 1. The lowest BCUT2D eigenvalue weighted by atomic mass is 10.0. The van der Waals surface area contributed by atoms with Gasteiger partial charge in [-0.3, -0.25) is 19.2 Å². The Kier molecular flexibility index (Phi) is 6.54. The Balaban J connectivity index is 1.42. The predicted octanol–water partition coefficient (Wildman–Crippen LogP) is 2.87. The van der Waals surface area contributed by atoms with Crippen molar-refractivity contribution in [3.8, 4) is 0 Å². The smallest absolute Gasteiger partial charge is 0.220 e. The van der Waals surface area contributed by atoms with Crippen molar-refractivity contribution < 1.29 is 19.2 Å². The topological polar surface area (TPSA) is 83.6 Å². The van der Waals surface area contributed by atoms with E-state index >= 15 is 0 Å². The quantitative estimate of drug-likeness (QED) is 0.525. The third-order valence-corrected chi connectivity index (χ3v) is 5.09. The summed E-state index contributed by atoms with van der Waals surface area (Å²) in [5.41, 5.74) is 4.10. The fourth-order valence-corrected chi connectivity index (χ4v) is 3.37. The first-order chi connectivity index (χ1) is 14.0. The van der Waals surface area contributed by atoms with Crippen molar-refractivity contribution in [1.29, 1.82) is 0 Å². The Labute approximate surface area is 169 Å². The van der Waals surface area contributed by atoms with E-state index in [0.29, 0.717) is 17.7 Å². The third kappa shape index (κ3) is 5.16. The summed E-state index contributed by atoms with van der Waals surface area (Å²) in [4.78, 5) is 49.0. The van der Waals surface area contributed by atoms with Gasteiger partial charge in [0.1, 0.15) is 0 Å². The lowest BCUT2D eigenvalue weighted by Gasteiger charge is -2.10. The van der Waals surface area contributed by atoms with Crippen LogP contribution in [0.1, 0.15) is 51.1 Å². The minimum atomic E-state index is -0.242. The Morgan fingerprint density at radius 3 is 2.38 bits per heavy atom. The molecule has 1 N–H and O–H groups in total. The van der Waals surface area contributed by atoms with Crippen molar-refractivity contribution in [3.63, 3.8) is 0 Å². The van der Waals surface area contributed by atoms with E-state index in [2.05, 4.69) is 5.32 Å². The normalized spacial score (nSPS) is 12.4. The largest absolute Gasteiger partial charge is 0.356 e. The van der Waals surface area contributed by atoms with E-state index in [1.54, 1.807) is 29.2 Å². The standard InChI is InChI=1S/C23H24N2O4/c1-16-2-4-17(5-3-16)21(27)8-9-23(29)24-12-10-22(28)19-6-7-20-18(14-19)11-13-25(20)15-26/h2-7,14-15H,8-13H2,1H3,(H,24,29). The van der Waals surface area contributed by atoms with Crippen molar-refractivity contribution in [2.24, 2.45) is 0 Å². The maximum atomic E-state index is 12.4. The molecule has 2 aromatic carbocycles. The van der Waals surface area contributed by atoms with Crippen molar-refractivity contribution >= 4 is 29.6 Å². The number of ketones is 2. The van der Waals surface area contributed by atoms with Gasteiger partial charge >= 0.3 is 0 Å². The summed E-state index contributed by atoms with van der Waals surface area (Å²) in [5, 5.41) is 2.70. The molecule has 0 unspecified atom stereocenters. The minimum absolute atomic E-state index is 0.0617. The van der Waals surface area contributed by atoms with E-state index in [0.717, 1.165) is 29.6 Å². The molecule has 2 aromatic rings. The van der Waals surface area contributed by atoms with Gasteiger partial charge in [-0.25, -0.2) is 0 Å². The van der Waals surface area contributed by atoms with Gasteiger partial charge in [-0.05, 0) is 37.1 Å². The van der Waals surface area contributed by atoms with Crippen LogP contribution in [0.4, 0.5) is 5.69 Å². The average Bonchev–Trinajstić information content (AvgIpc) is 3.14. The molecule has 6 nitrogen and oxygen atoms in total. The Hall–Kier alpha value is -3.28. The summed E-state index contributed by atoms with van der Waals surface area (Å²) in [6.07, 6.45) is 1.96. The highest BCUT2D eigenvalue weighted by molar-refractivity contribution is 5.99. The van der Waals surface area contributed by atoms with Gasteiger partial charge in [0.2, 0.25) is 12.3 Å². The van der Waals surface area contributed by atoms with Crippen molar-refractivity contribution in [2.45, 2.75) is 32.6 Å². The zero-order chi connectivity index (χ0) is 20.8. The number of anilines is 1. The lowest BCUT2D eigenvalue weighted by Crippen LogP contribution is -2.26. The maximum absolute atomic E-state index is 12.4. The van der Waals surface area contributed by atoms with Gasteiger partial charge in [-0.2, -0.15) is 0 Å². The van der Waals surface area contributed by atoms with Crippen LogP contribution in [0.15, 0.2) is 42.5 Å². The Bertz CT molecular complexity index is 934. The molecule has 0 spiro atoms. The molecule has 0 fully saturated rings. The fourth-order valence-electron chi connectivity index (χ4n) is 3.37. The van der Waals surface area contributed by atoms with Gasteiger partial charge in [0, 0.05) is 49.2 Å². The molecule has 0 aliphatic carbocycles. The SMILES string of the molecule is Cc1ccc(C(=O)CCC(=O)NCCC(=O)c2ccc3c(c2)CCN3C=O)cc1. The summed E-state index contributed by atoms with van der Waals surface area (Å²) in [6.45, 7) is 2.81. The van der Waals surface area contributed by atoms with Crippen LogP contribution in [0.5, 0.6) is 0 Å². The van der Waals surface area contributed by atoms with E-state index in [1.165, 1.54) is 0 Å². The summed E-state index contributed by atoms with van der Waals surface area (Å²) >= 11 is 0. The molecular formula is C23H24N2O4. The highest BCUT2D eigenvalue weighted by Crippen LogP contribution is 2.27. The van der Waals surface area contributed by atoms with Crippen molar-refractivity contribution in [2.75, 3.05) is 18.0 Å². The zero-order valence-electron chi connectivity index (χ0n) is 16.4. The second-order valence-electron chi connectivity index (χ2n) is 7.20. The summed E-state index contributed by atoms with van der Waals surface area (Å²) < 4.78 is 0. The average molecular weight is 392 g/mol. The molecule has 0 aromatic heterocycles. The van der Waals surface area contributed by atoms with Crippen LogP contribution >= 0.6 is 0 Å². The molecule has 3 rings (SSSR count). The van der Waals surface area contributed by atoms with E-state index in [9.17, 15) is 19.2 Å². The molecule has 0 radical (unpaired) electrons. The number of fused-ring (bicyclic) bond motifs is 1. The van der Waals surface area contributed by atoms with E-state index in [1.807, 2.05) is 25.1 Å². The number of aryl methyl sites for hydroxylation is 1. The van der Waals surface area contributed by atoms with Crippen LogP contribution in [0.2, 0.25) is 0 Å². The summed E-state index contributed by atoms with van der Waals surface area (Å²) in [7, 11) is 0. The monoisotopic (exact) mass is 392 g/mol. The van der Waals surface area contributed by atoms with Crippen molar-refractivity contribution in [1.82, 2.24) is 5.32 Å². The summed E-state index contributed by atoms with van der Waals surface area (Å²) in [5.74, 6) is -0.374. The highest BCUT2D eigenvalue weighted by atomic mass is 16.2. The minimum Gasteiger partial charge on any atom is -0.356 e. The number of rotatable bonds is 9. The van der Waals surface area contributed by atoms with Crippen LogP contribution in [-0.4, -0.2) is 37.0 Å². The number of carbonyl (C=O) groups excluding carboxylic acids is 4. The first-order valence-electron chi connectivity index (χ1n) is 9.72. The highest BCUT2D eigenvalue weighted by Gasteiger charge is 2.20. The van der Waals surface area contributed by atoms with Crippen LogP contribution in [0.25, 0.3) is 0 Å². The molecule has 29 heavy (non-hydrogen) atoms. The number of nitrogens with zero attached hydrogens (tertiary/aromatic N) is 1. The molecule has 1 aliphatic rings. The predicted molar refractivity (Wildman–Crippen MR) is 110 cm³/mol. The number of hydrogen-bond acceptors (Lipinski definition) is 4. The van der Waals surface area contributed by atoms with Gasteiger partial charge in [-0.1, -0.05) is 29.8 Å². The van der Waals surface area contributed by atoms with Gasteiger partial charge in [0.25, 0.3) is 0 Å². The Morgan fingerprint density at radius 2 is 1.66 bits per heavy atom. The molecule has 1 heterocycles. The van der Waals surface area contributed by atoms with Gasteiger partial charge in [0.05, 0.1) is 0 Å². The van der Waals surface area contributed by atoms with E-state index in [-0.39, 0.29) is 43.3 Å². The van der Waals surface area contributed by atoms with E-state index < -0.39 is 0 Å². The number of carbonyl (C=O) groups is 4. The molecule has 0 saturated heterocycles. The third-order valence-electron chi connectivity index (χ3n) is 5.09. The molecule has 0 bridgehead atoms. The molecule has 6 heteroatoms. The number of hydrogen-bond donors (Lipinski definition) is 1. The van der Waals surface area contributed by atoms with Crippen LogP contribution in [0.3, 0.4) is 0 Å². The number of amides is 2. The first kappa shape index (κ1) is 20.5. The molecule has 2 amide bonds. The molecular weight excluding hydrogens is 368 g/mol. The Morgan fingerprint density at radius 1 is 0.966 bits per heavy atom. The van der Waals surface area contributed by atoms with Gasteiger partial charge in [0.15, 0.2) is 11.6 Å². The summed E-state index contributed by atoms with van der Waals surface area (Å²) in [6, 6.07) is 12.6. The van der Waals surface area contributed by atoms with Crippen LogP contribution < -0.4 is 10.2 Å². The zero-order valence-corrected chi connectivity index (χ0v) is 16.4. The molecule has 150 valence electrons. The molecule has 0 atom stereocenters. The van der Waals surface area contributed by atoms with Crippen LogP contribution in [0, 0.1) is 6.92 Å². The second kappa shape index (κ2) is 9.28. The second-order valence-corrected chi connectivity index (χ2v) is 7.20. The molecule has 1 aliphatic heterocycles. The first-order valence-corrected chi connectivity index (χ1v) is 9.72. The van der Waals surface area contributed by atoms with Gasteiger partial charge in [-0.15, -0.1) is 0 Å². The fraction of sp³-hybridized carbons (Fsp3) is 0.304. The number of Topliss-reactive ketones (excluding diaryl/α,β-unsaturated/α-hetero) is 2. The van der Waals surface area contributed by atoms with Crippen molar-refractivity contribution in [3.05, 3.63) is 64.7 Å². The number of benzene rings is 2. The van der Waals surface area contributed by atoms with E-state index in [4.69, 9.17) is 0 Å². The van der Waals surface area contributed by atoms with Crippen LogP contribution in [-0.2, 0) is 16.0 Å².